The summed E-state index contributed by atoms with van der Waals surface area (Å²) in [6.45, 7) is 6.12. The van der Waals surface area contributed by atoms with E-state index in [4.69, 9.17) is 10.5 Å². The fourth-order valence-electron chi connectivity index (χ4n) is 3.93. The molecule has 6 nitrogen and oxygen atoms in total. The number of alkyl halides is 2. The molecule has 9 heteroatoms. The van der Waals surface area contributed by atoms with Crippen LogP contribution >= 0.6 is 0 Å². The number of hydrogen-bond acceptors (Lipinski definition) is 5. The Kier molecular flexibility index (Phi) is 7.74. The predicted molar refractivity (Wildman–Crippen MR) is 126 cm³/mol. The number of carbonyl (C=O) groups is 2. The van der Waals surface area contributed by atoms with Gasteiger partial charge in [-0.2, -0.15) is 0 Å². The molecule has 1 saturated heterocycles. The van der Waals surface area contributed by atoms with Gasteiger partial charge in [-0.25, -0.2) is 13.2 Å². The van der Waals surface area contributed by atoms with Crippen LogP contribution in [0.4, 0.5) is 30.2 Å². The quantitative estimate of drug-likeness (QED) is 0.451. The second-order valence-corrected chi connectivity index (χ2v) is 9.45. The summed E-state index contributed by atoms with van der Waals surface area (Å²) in [6, 6.07) is 8.56. The molecule has 0 bridgehead atoms. The van der Waals surface area contributed by atoms with Crippen LogP contribution in [0.2, 0.25) is 0 Å². The maximum atomic E-state index is 13.8. The van der Waals surface area contributed by atoms with E-state index in [9.17, 15) is 22.8 Å². The van der Waals surface area contributed by atoms with Gasteiger partial charge in [0.1, 0.15) is 11.4 Å². The minimum Gasteiger partial charge on any atom is -0.460 e. The molecule has 3 N–H and O–H groups in total. The molecule has 0 aromatic heterocycles. The third-order valence-electron chi connectivity index (χ3n) is 5.60. The highest BCUT2D eigenvalue weighted by molar-refractivity contribution is 6.06. The molecule has 0 atom stereocenters. The van der Waals surface area contributed by atoms with Crippen molar-refractivity contribution in [1.29, 1.82) is 0 Å². The van der Waals surface area contributed by atoms with Crippen LogP contribution in [0.25, 0.3) is 0 Å². The lowest BCUT2D eigenvalue weighted by Gasteiger charge is -2.34. The summed E-state index contributed by atoms with van der Waals surface area (Å²) in [7, 11) is 0. The van der Waals surface area contributed by atoms with Crippen molar-refractivity contribution in [3.05, 3.63) is 53.3 Å². The van der Waals surface area contributed by atoms with Gasteiger partial charge < -0.3 is 20.7 Å². The first-order chi connectivity index (χ1) is 15.9. The second kappa shape index (κ2) is 10.4. The molecule has 2 aromatic carbocycles. The molecule has 2 aromatic rings. The van der Waals surface area contributed by atoms with Crippen LogP contribution < -0.4 is 16.0 Å². The predicted octanol–water partition coefficient (Wildman–Crippen LogP) is 5.03. The number of anilines is 3. The number of nitrogen functional groups attached to an aromatic ring is 1. The van der Waals surface area contributed by atoms with Gasteiger partial charge in [0.15, 0.2) is 0 Å². The SMILES string of the molecule is CC(C)(C)OC(=O)Cc1cc(F)ccc1NC(=O)c1ccc(N2CCC(C(F)F)CC2)c(N)c1. The van der Waals surface area contributed by atoms with Gasteiger partial charge in [0.25, 0.3) is 5.91 Å². The summed E-state index contributed by atoms with van der Waals surface area (Å²) < 4.78 is 44.9. The number of amides is 1. The average molecular weight is 478 g/mol. The third kappa shape index (κ3) is 6.65. The molecule has 1 aliphatic rings. The highest BCUT2D eigenvalue weighted by Gasteiger charge is 2.27. The van der Waals surface area contributed by atoms with E-state index in [-0.39, 0.29) is 23.2 Å². The Morgan fingerprint density at radius 3 is 2.41 bits per heavy atom. The summed E-state index contributed by atoms with van der Waals surface area (Å²) in [5, 5.41) is 2.70. The number of esters is 1. The molecule has 1 amide bonds. The normalized spacial score (nSPS) is 14.9. The topological polar surface area (TPSA) is 84.7 Å². The van der Waals surface area contributed by atoms with Crippen LogP contribution in [-0.2, 0) is 16.0 Å². The largest absolute Gasteiger partial charge is 0.460 e. The molecule has 0 unspecified atom stereocenters. The zero-order valence-corrected chi connectivity index (χ0v) is 19.5. The van der Waals surface area contributed by atoms with Crippen LogP contribution in [0.5, 0.6) is 0 Å². The first kappa shape index (κ1) is 25.4. The van der Waals surface area contributed by atoms with Gasteiger partial charge in [-0.1, -0.05) is 0 Å². The van der Waals surface area contributed by atoms with E-state index < -0.39 is 35.6 Å². The minimum atomic E-state index is -2.32. The number of rotatable bonds is 6. The zero-order chi connectivity index (χ0) is 25.0. The van der Waals surface area contributed by atoms with E-state index in [2.05, 4.69) is 5.32 Å². The van der Waals surface area contributed by atoms with Gasteiger partial charge in [-0.15, -0.1) is 0 Å². The Morgan fingerprint density at radius 2 is 1.82 bits per heavy atom. The van der Waals surface area contributed by atoms with Crippen molar-refractivity contribution in [3.8, 4) is 0 Å². The van der Waals surface area contributed by atoms with Gasteiger partial charge in [0.05, 0.1) is 17.8 Å². The standard InChI is InChI=1S/C25H30F3N3O3/c1-25(2,3)34-22(32)14-17-12-18(26)5-6-20(17)30-24(33)16-4-7-21(19(29)13-16)31-10-8-15(9-11-31)23(27)28/h4-7,12-13,15,23H,8-11,14,29H2,1-3H3,(H,30,33). The minimum absolute atomic E-state index is 0.208. The van der Waals surface area contributed by atoms with Crippen LogP contribution in [-0.4, -0.2) is 37.0 Å². The van der Waals surface area contributed by atoms with Crippen molar-refractivity contribution in [2.24, 2.45) is 5.92 Å². The van der Waals surface area contributed by atoms with Crippen LogP contribution in [0, 0.1) is 11.7 Å². The first-order valence-electron chi connectivity index (χ1n) is 11.2. The van der Waals surface area contributed by atoms with Gasteiger partial charge in [0.2, 0.25) is 6.43 Å². The number of nitrogens with two attached hydrogens (primary N) is 1. The summed E-state index contributed by atoms with van der Waals surface area (Å²) in [5.41, 5.74) is 7.37. The van der Waals surface area contributed by atoms with Crippen LogP contribution in [0.3, 0.4) is 0 Å². The summed E-state index contributed by atoms with van der Waals surface area (Å²) in [5.74, 6) is -2.17. The Bertz CT molecular complexity index is 1050. The number of benzene rings is 2. The fraction of sp³-hybridized carbons (Fsp3) is 0.440. The molecule has 34 heavy (non-hydrogen) atoms. The van der Waals surface area contributed by atoms with E-state index in [1.54, 1.807) is 32.9 Å². The van der Waals surface area contributed by atoms with E-state index in [1.165, 1.54) is 24.3 Å². The van der Waals surface area contributed by atoms with Gasteiger partial charge >= 0.3 is 5.97 Å². The maximum Gasteiger partial charge on any atom is 0.310 e. The number of halogens is 3. The van der Waals surface area contributed by atoms with Crippen molar-refractivity contribution in [3.63, 3.8) is 0 Å². The molecule has 0 aliphatic carbocycles. The lowest BCUT2D eigenvalue weighted by Crippen LogP contribution is -2.36. The maximum absolute atomic E-state index is 13.8. The molecule has 0 spiro atoms. The highest BCUT2D eigenvalue weighted by atomic mass is 19.3. The number of nitrogens with one attached hydrogen (secondary N) is 1. The molecule has 1 aliphatic heterocycles. The molecule has 1 heterocycles. The fourth-order valence-corrected chi connectivity index (χ4v) is 3.93. The van der Waals surface area contributed by atoms with Gasteiger partial charge in [-0.05, 0) is 75.6 Å². The van der Waals surface area contributed by atoms with Gasteiger partial charge in [0, 0.05) is 30.3 Å². The smallest absolute Gasteiger partial charge is 0.310 e. The molecule has 3 rings (SSSR count). The Morgan fingerprint density at radius 1 is 1.15 bits per heavy atom. The summed E-state index contributed by atoms with van der Waals surface area (Å²) in [6.07, 6.45) is -1.77. The van der Waals surface area contributed by atoms with E-state index in [0.717, 1.165) is 0 Å². The van der Waals surface area contributed by atoms with Crippen molar-refractivity contribution < 1.29 is 27.5 Å². The Labute approximate surface area is 197 Å². The molecular weight excluding hydrogens is 447 g/mol. The average Bonchev–Trinajstić information content (AvgIpc) is 2.74. The van der Waals surface area contributed by atoms with E-state index >= 15 is 0 Å². The summed E-state index contributed by atoms with van der Waals surface area (Å²) >= 11 is 0. The highest BCUT2D eigenvalue weighted by Crippen LogP contribution is 2.31. The first-order valence-corrected chi connectivity index (χ1v) is 11.2. The summed E-state index contributed by atoms with van der Waals surface area (Å²) in [4.78, 5) is 27.0. The van der Waals surface area contributed by atoms with Crippen LogP contribution in [0.1, 0.15) is 49.5 Å². The van der Waals surface area contributed by atoms with Gasteiger partial charge in [-0.3, -0.25) is 9.59 Å². The van der Waals surface area contributed by atoms with E-state index in [1.807, 2.05) is 4.90 Å². The van der Waals surface area contributed by atoms with E-state index in [0.29, 0.717) is 37.3 Å². The molecular formula is C25H30F3N3O3. The number of piperidine rings is 1. The van der Waals surface area contributed by atoms with Crippen LogP contribution in [0.15, 0.2) is 36.4 Å². The monoisotopic (exact) mass is 477 g/mol. The molecule has 0 saturated carbocycles. The van der Waals surface area contributed by atoms with Crippen molar-refractivity contribution in [1.82, 2.24) is 0 Å². The van der Waals surface area contributed by atoms with Crippen molar-refractivity contribution in [2.45, 2.75) is 52.1 Å². The number of ether oxygens (including phenoxy) is 1. The third-order valence-corrected chi connectivity index (χ3v) is 5.60. The zero-order valence-electron chi connectivity index (χ0n) is 19.5. The number of carbonyl (C=O) groups excluding carboxylic acids is 2. The second-order valence-electron chi connectivity index (χ2n) is 9.45. The molecule has 184 valence electrons. The molecule has 0 radical (unpaired) electrons. The Hall–Kier alpha value is -3.23. The lowest BCUT2D eigenvalue weighted by atomic mass is 9.96. The number of nitrogens with zero attached hydrogens (tertiary/aromatic N) is 1. The molecule has 1 fully saturated rings. The Balaban J connectivity index is 1.71. The van der Waals surface area contributed by atoms with Crippen molar-refractivity contribution in [2.75, 3.05) is 29.0 Å². The lowest BCUT2D eigenvalue weighted by molar-refractivity contribution is -0.153. The number of hydrogen-bond donors (Lipinski definition) is 2. The van der Waals surface area contributed by atoms with Crippen molar-refractivity contribution >= 4 is 28.9 Å².